The Morgan fingerprint density at radius 2 is 2.00 bits per heavy atom. The molecule has 0 saturated heterocycles. The zero-order chi connectivity index (χ0) is 18.0. The van der Waals surface area contributed by atoms with E-state index in [1.165, 1.54) is 11.3 Å². The quantitative estimate of drug-likeness (QED) is 0.846. The van der Waals surface area contributed by atoms with Crippen molar-refractivity contribution in [3.8, 4) is 0 Å². The largest absolute Gasteiger partial charge is 0.353 e. The summed E-state index contributed by atoms with van der Waals surface area (Å²) in [5.41, 5.74) is 1.33. The van der Waals surface area contributed by atoms with Crippen LogP contribution in [0.5, 0.6) is 0 Å². The van der Waals surface area contributed by atoms with E-state index < -0.39 is 0 Å². The number of nitrogens with one attached hydrogen (secondary N) is 2. The minimum atomic E-state index is -0.233. The van der Waals surface area contributed by atoms with Gasteiger partial charge in [-0.15, -0.1) is 11.3 Å². The van der Waals surface area contributed by atoms with Gasteiger partial charge in [-0.25, -0.2) is 4.98 Å². The minimum Gasteiger partial charge on any atom is -0.353 e. The number of benzene rings is 1. The molecule has 3 rings (SSSR count). The van der Waals surface area contributed by atoms with Crippen molar-refractivity contribution in [1.82, 2.24) is 10.3 Å². The van der Waals surface area contributed by atoms with Crippen LogP contribution in [-0.4, -0.2) is 22.8 Å². The molecule has 1 aliphatic carbocycles. The Labute approximate surface area is 155 Å². The number of thiazole rings is 1. The third-order valence-corrected chi connectivity index (χ3v) is 5.33. The smallest absolute Gasteiger partial charge is 0.257 e. The van der Waals surface area contributed by atoms with Gasteiger partial charge in [-0.1, -0.05) is 11.6 Å². The highest BCUT2D eigenvalue weighted by molar-refractivity contribution is 7.16. The lowest BCUT2D eigenvalue weighted by atomic mass is 9.90. The van der Waals surface area contributed by atoms with E-state index in [0.29, 0.717) is 15.7 Å². The van der Waals surface area contributed by atoms with Crippen molar-refractivity contribution >= 4 is 39.9 Å². The van der Waals surface area contributed by atoms with Crippen LogP contribution in [0.3, 0.4) is 0 Å². The van der Waals surface area contributed by atoms with E-state index in [0.717, 1.165) is 29.8 Å². The van der Waals surface area contributed by atoms with Crippen LogP contribution >= 0.6 is 22.9 Å². The van der Waals surface area contributed by atoms with E-state index in [9.17, 15) is 9.59 Å². The Balaban J connectivity index is 1.77. The monoisotopic (exact) mass is 377 g/mol. The number of anilines is 1. The maximum absolute atomic E-state index is 12.4. The fourth-order valence-corrected chi connectivity index (χ4v) is 4.07. The predicted octanol–water partition coefficient (Wildman–Crippen LogP) is 3.99. The van der Waals surface area contributed by atoms with E-state index in [2.05, 4.69) is 15.6 Å². The van der Waals surface area contributed by atoms with Crippen LogP contribution in [0.2, 0.25) is 5.02 Å². The molecule has 1 aromatic heterocycles. The van der Waals surface area contributed by atoms with E-state index in [1.807, 2.05) is 13.8 Å². The van der Waals surface area contributed by atoms with Gasteiger partial charge in [0.1, 0.15) is 0 Å². The molecule has 0 fully saturated rings. The van der Waals surface area contributed by atoms with Crippen molar-refractivity contribution in [3.63, 3.8) is 0 Å². The summed E-state index contributed by atoms with van der Waals surface area (Å²) in [6.07, 6.45) is 2.64. The number of halogens is 1. The van der Waals surface area contributed by atoms with Gasteiger partial charge in [0.05, 0.1) is 11.6 Å². The van der Waals surface area contributed by atoms with E-state index in [-0.39, 0.29) is 23.8 Å². The molecular weight excluding hydrogens is 358 g/mol. The Morgan fingerprint density at radius 3 is 2.68 bits per heavy atom. The number of aryl methyl sites for hydroxylation is 1. The van der Waals surface area contributed by atoms with Gasteiger partial charge in [0.15, 0.2) is 5.13 Å². The summed E-state index contributed by atoms with van der Waals surface area (Å²) in [5, 5.41) is 6.91. The standard InChI is InChI=1S/C18H20ClN3O2S/c1-10(2)20-17(24)13-4-3-5-14-15(13)21-18(25-14)22-16(23)11-6-8-12(19)9-7-11/h6-10,13H,3-5H2,1-2H3,(H,20,24)(H,21,22,23). The van der Waals surface area contributed by atoms with Crippen molar-refractivity contribution in [3.05, 3.63) is 45.4 Å². The average Bonchev–Trinajstić information content (AvgIpc) is 2.96. The molecular formula is C18H20ClN3O2S. The zero-order valence-corrected chi connectivity index (χ0v) is 15.7. The summed E-state index contributed by atoms with van der Waals surface area (Å²) in [4.78, 5) is 30.4. The third kappa shape index (κ3) is 4.19. The Hall–Kier alpha value is -1.92. The third-order valence-electron chi connectivity index (χ3n) is 4.03. The lowest BCUT2D eigenvalue weighted by molar-refractivity contribution is -0.123. The summed E-state index contributed by atoms with van der Waals surface area (Å²) < 4.78 is 0. The van der Waals surface area contributed by atoms with E-state index in [4.69, 9.17) is 11.6 Å². The Bertz CT molecular complexity index is 786. The predicted molar refractivity (Wildman–Crippen MR) is 100 cm³/mol. The van der Waals surface area contributed by atoms with Gasteiger partial charge in [0.2, 0.25) is 5.91 Å². The number of carbonyl (C=O) groups is 2. The van der Waals surface area contributed by atoms with Gasteiger partial charge in [-0.05, 0) is 57.4 Å². The number of carbonyl (C=O) groups excluding carboxylic acids is 2. The topological polar surface area (TPSA) is 71.1 Å². The molecule has 5 nitrogen and oxygen atoms in total. The molecule has 2 amide bonds. The molecule has 2 N–H and O–H groups in total. The molecule has 0 saturated carbocycles. The second kappa shape index (κ2) is 7.54. The van der Waals surface area contributed by atoms with Gasteiger partial charge in [0.25, 0.3) is 5.91 Å². The lowest BCUT2D eigenvalue weighted by Crippen LogP contribution is -2.35. The number of aromatic nitrogens is 1. The molecule has 2 aromatic rings. The van der Waals surface area contributed by atoms with E-state index >= 15 is 0 Å². The molecule has 0 aliphatic heterocycles. The first-order valence-corrected chi connectivity index (χ1v) is 9.50. The zero-order valence-electron chi connectivity index (χ0n) is 14.1. The van der Waals surface area contributed by atoms with Crippen molar-refractivity contribution in [1.29, 1.82) is 0 Å². The molecule has 7 heteroatoms. The van der Waals surface area contributed by atoms with Crippen LogP contribution in [0.4, 0.5) is 5.13 Å². The normalized spacial score (nSPS) is 16.4. The summed E-state index contributed by atoms with van der Waals surface area (Å²) in [6.45, 7) is 3.89. The fraction of sp³-hybridized carbons (Fsp3) is 0.389. The molecule has 1 aliphatic rings. The van der Waals surface area contributed by atoms with Crippen molar-refractivity contribution in [2.24, 2.45) is 0 Å². The molecule has 1 atom stereocenters. The second-order valence-corrected chi connectivity index (χ2v) is 7.92. The van der Waals surface area contributed by atoms with Gasteiger partial charge < -0.3 is 5.32 Å². The van der Waals surface area contributed by atoms with Crippen LogP contribution in [0.15, 0.2) is 24.3 Å². The molecule has 1 aromatic carbocycles. The van der Waals surface area contributed by atoms with Crippen LogP contribution in [0.25, 0.3) is 0 Å². The molecule has 0 bridgehead atoms. The molecule has 1 heterocycles. The molecule has 0 radical (unpaired) electrons. The number of amides is 2. The first kappa shape index (κ1) is 17.9. The SMILES string of the molecule is CC(C)NC(=O)C1CCCc2sc(NC(=O)c3ccc(Cl)cc3)nc21. The van der Waals surface area contributed by atoms with Crippen molar-refractivity contribution in [2.75, 3.05) is 5.32 Å². The van der Waals surface area contributed by atoms with Gasteiger partial charge in [-0.3, -0.25) is 14.9 Å². The molecule has 1 unspecified atom stereocenters. The minimum absolute atomic E-state index is 0.0110. The number of hydrogen-bond donors (Lipinski definition) is 2. The Morgan fingerprint density at radius 1 is 1.28 bits per heavy atom. The highest BCUT2D eigenvalue weighted by atomic mass is 35.5. The van der Waals surface area contributed by atoms with Crippen LogP contribution in [-0.2, 0) is 11.2 Å². The first-order valence-electron chi connectivity index (χ1n) is 8.31. The number of nitrogens with zero attached hydrogens (tertiary/aromatic N) is 1. The summed E-state index contributed by atoms with van der Waals surface area (Å²) in [5.74, 6) is -0.452. The number of fused-ring (bicyclic) bond motifs is 1. The second-order valence-electron chi connectivity index (χ2n) is 6.40. The van der Waals surface area contributed by atoms with Gasteiger partial charge in [-0.2, -0.15) is 0 Å². The number of hydrogen-bond acceptors (Lipinski definition) is 4. The summed E-state index contributed by atoms with van der Waals surface area (Å²) >= 11 is 7.30. The lowest BCUT2D eigenvalue weighted by Gasteiger charge is -2.21. The number of rotatable bonds is 4. The van der Waals surface area contributed by atoms with Crippen LogP contribution < -0.4 is 10.6 Å². The van der Waals surface area contributed by atoms with Gasteiger partial charge >= 0.3 is 0 Å². The fourth-order valence-electron chi connectivity index (χ4n) is 2.88. The van der Waals surface area contributed by atoms with Crippen molar-refractivity contribution in [2.45, 2.75) is 45.1 Å². The van der Waals surface area contributed by atoms with Gasteiger partial charge in [0, 0.05) is 21.5 Å². The highest BCUT2D eigenvalue weighted by Crippen LogP contribution is 2.37. The van der Waals surface area contributed by atoms with Crippen LogP contribution in [0, 0.1) is 0 Å². The maximum atomic E-state index is 12.4. The van der Waals surface area contributed by atoms with Crippen molar-refractivity contribution < 1.29 is 9.59 Å². The summed E-state index contributed by atoms with van der Waals surface area (Å²) in [6, 6.07) is 6.79. The van der Waals surface area contributed by atoms with E-state index in [1.54, 1.807) is 24.3 Å². The van der Waals surface area contributed by atoms with Crippen LogP contribution in [0.1, 0.15) is 53.5 Å². The first-order chi connectivity index (χ1) is 11.9. The summed E-state index contributed by atoms with van der Waals surface area (Å²) in [7, 11) is 0. The Kier molecular flexibility index (Phi) is 5.39. The maximum Gasteiger partial charge on any atom is 0.257 e. The molecule has 132 valence electrons. The molecule has 25 heavy (non-hydrogen) atoms. The average molecular weight is 378 g/mol. The molecule has 0 spiro atoms. The highest BCUT2D eigenvalue weighted by Gasteiger charge is 2.30.